The molecular weight excluding hydrogens is 883 g/mol. The largest absolute Gasteiger partial charge is 0.493 e. The van der Waals surface area contributed by atoms with Crippen molar-refractivity contribution in [3.05, 3.63) is 105 Å². The zero-order chi connectivity index (χ0) is 47.3. The van der Waals surface area contributed by atoms with E-state index in [2.05, 4.69) is 15.3 Å². The summed E-state index contributed by atoms with van der Waals surface area (Å²) in [6.07, 6.45) is 1.22. The maximum atomic E-state index is 13.9. The first kappa shape index (κ1) is 45.2. The first-order valence-corrected chi connectivity index (χ1v) is 22.6. The van der Waals surface area contributed by atoms with Crippen molar-refractivity contribution in [1.29, 1.82) is 0 Å². The Kier molecular flexibility index (Phi) is 12.4. The molecule has 4 amide bonds. The quantitative estimate of drug-likeness (QED) is 0.0671. The van der Waals surface area contributed by atoms with Crippen molar-refractivity contribution >= 4 is 68.6 Å². The number of carbonyl (C=O) groups excluding carboxylic acids is 4. The van der Waals surface area contributed by atoms with E-state index in [0.29, 0.717) is 97.3 Å². The molecule has 9 rings (SSSR count). The SMILES string of the molecule is Cc1nn(C)c(C)c1-c1c(Cl)ccc2c(CCCOc3cccc4cc(F)ccc34)c(C(=O)O)n(CCN3CCN(C(=O)COc4cc(N)cc5c4CN(C4CCC(=O)NC4=O)C5=O)CC3)c12. The molecular formula is C49H50ClFN8O8. The maximum Gasteiger partial charge on any atom is 0.352 e. The van der Waals surface area contributed by atoms with Crippen LogP contribution >= 0.6 is 11.6 Å². The van der Waals surface area contributed by atoms with Crippen LogP contribution in [0.5, 0.6) is 11.5 Å². The molecule has 0 radical (unpaired) electrons. The molecule has 348 valence electrons. The zero-order valence-corrected chi connectivity index (χ0v) is 38.1. The topological polar surface area (TPSA) is 195 Å². The van der Waals surface area contributed by atoms with Crippen LogP contribution < -0.4 is 20.5 Å². The summed E-state index contributed by atoms with van der Waals surface area (Å²) < 4.78 is 29.8. The molecule has 1 atom stereocenters. The van der Waals surface area contributed by atoms with Crippen molar-refractivity contribution in [2.75, 3.05) is 51.7 Å². The lowest BCUT2D eigenvalue weighted by atomic mass is 9.98. The molecule has 0 spiro atoms. The third-order valence-electron chi connectivity index (χ3n) is 13.2. The molecule has 2 saturated heterocycles. The Bertz CT molecular complexity index is 3010. The molecule has 6 aromatic rings. The summed E-state index contributed by atoms with van der Waals surface area (Å²) in [5.74, 6) is -2.06. The summed E-state index contributed by atoms with van der Waals surface area (Å²) >= 11 is 7.06. The van der Waals surface area contributed by atoms with Crippen LogP contribution in [0.15, 0.2) is 60.7 Å². The number of aromatic carboxylic acids is 1. The Morgan fingerprint density at radius 3 is 2.46 bits per heavy atom. The maximum absolute atomic E-state index is 13.9. The summed E-state index contributed by atoms with van der Waals surface area (Å²) in [6.45, 7) is 6.59. The second kappa shape index (κ2) is 18.4. The Labute approximate surface area is 389 Å². The molecule has 0 saturated carbocycles. The molecule has 5 heterocycles. The van der Waals surface area contributed by atoms with Crippen molar-refractivity contribution in [2.24, 2.45) is 7.05 Å². The van der Waals surface area contributed by atoms with Gasteiger partial charge in [-0.1, -0.05) is 29.8 Å². The fourth-order valence-electron chi connectivity index (χ4n) is 9.84. The summed E-state index contributed by atoms with van der Waals surface area (Å²) in [4.78, 5) is 70.0. The second-order valence-electron chi connectivity index (χ2n) is 17.3. The van der Waals surface area contributed by atoms with E-state index < -0.39 is 23.8 Å². The Morgan fingerprint density at radius 1 is 0.955 bits per heavy atom. The van der Waals surface area contributed by atoms with Crippen LogP contribution in [0.1, 0.15) is 62.6 Å². The van der Waals surface area contributed by atoms with Crippen LogP contribution in [0.2, 0.25) is 5.02 Å². The number of rotatable bonds is 14. The summed E-state index contributed by atoms with van der Waals surface area (Å²) in [7, 11) is 1.86. The molecule has 0 aliphatic carbocycles. The van der Waals surface area contributed by atoms with Gasteiger partial charge in [0.2, 0.25) is 11.8 Å². The number of carbonyl (C=O) groups is 5. The van der Waals surface area contributed by atoms with E-state index in [1.807, 2.05) is 55.8 Å². The Hall–Kier alpha value is -6.98. The molecule has 2 aromatic heterocycles. The molecule has 4 aromatic carbocycles. The lowest BCUT2D eigenvalue weighted by Gasteiger charge is -2.35. The van der Waals surface area contributed by atoms with Crippen LogP contribution in [0.4, 0.5) is 10.1 Å². The number of aromatic nitrogens is 3. The molecule has 3 aliphatic heterocycles. The van der Waals surface area contributed by atoms with Gasteiger partial charge in [-0.3, -0.25) is 34.1 Å². The number of amides is 4. The zero-order valence-electron chi connectivity index (χ0n) is 37.4. The third kappa shape index (κ3) is 8.64. The molecule has 18 heteroatoms. The number of hydrogen-bond donors (Lipinski definition) is 3. The van der Waals surface area contributed by atoms with Gasteiger partial charge in [-0.15, -0.1) is 0 Å². The number of nitrogens with zero attached hydrogens (tertiary/aromatic N) is 6. The van der Waals surface area contributed by atoms with Gasteiger partial charge in [0.05, 0.1) is 34.9 Å². The number of piperazine rings is 1. The summed E-state index contributed by atoms with van der Waals surface area (Å²) in [5, 5.41) is 20.7. The van der Waals surface area contributed by atoms with Crippen molar-refractivity contribution < 1.29 is 42.9 Å². The van der Waals surface area contributed by atoms with Crippen LogP contribution in [0.3, 0.4) is 0 Å². The van der Waals surface area contributed by atoms with Crippen molar-refractivity contribution in [1.82, 2.24) is 34.4 Å². The number of imide groups is 1. The number of hydrogen-bond acceptors (Lipinski definition) is 10. The van der Waals surface area contributed by atoms with Crippen LogP contribution in [0, 0.1) is 19.7 Å². The highest BCUT2D eigenvalue weighted by Crippen LogP contribution is 2.42. The Balaban J connectivity index is 0.900. The number of aryl methyl sites for hydroxylation is 3. The number of benzene rings is 4. The number of anilines is 1. The molecule has 3 aliphatic rings. The number of halogens is 2. The number of ether oxygens (including phenoxy) is 2. The molecule has 1 unspecified atom stereocenters. The minimum Gasteiger partial charge on any atom is -0.493 e. The Morgan fingerprint density at radius 2 is 1.73 bits per heavy atom. The molecule has 16 nitrogen and oxygen atoms in total. The van der Waals surface area contributed by atoms with Crippen LogP contribution in [-0.2, 0) is 40.9 Å². The summed E-state index contributed by atoms with van der Waals surface area (Å²) in [5.41, 5.74) is 12.0. The second-order valence-corrected chi connectivity index (χ2v) is 17.7. The first-order chi connectivity index (χ1) is 32.2. The molecule has 67 heavy (non-hydrogen) atoms. The van der Waals surface area contributed by atoms with Gasteiger partial charge in [0.25, 0.3) is 11.8 Å². The number of carboxylic acid groups (broad SMARTS) is 1. The van der Waals surface area contributed by atoms with Gasteiger partial charge in [0.15, 0.2) is 6.61 Å². The minimum absolute atomic E-state index is 0.0737. The highest BCUT2D eigenvalue weighted by atomic mass is 35.5. The monoisotopic (exact) mass is 932 g/mol. The number of nitrogens with one attached hydrogen (secondary N) is 1. The van der Waals surface area contributed by atoms with Gasteiger partial charge in [-0.05, 0) is 80.5 Å². The number of carboxylic acids is 1. The van der Waals surface area contributed by atoms with E-state index in [-0.39, 0.29) is 60.8 Å². The van der Waals surface area contributed by atoms with Crippen molar-refractivity contribution in [3.8, 4) is 22.6 Å². The van der Waals surface area contributed by atoms with E-state index in [1.54, 1.807) is 21.7 Å². The number of piperidine rings is 1. The van der Waals surface area contributed by atoms with Gasteiger partial charge in [-0.25, -0.2) is 9.18 Å². The van der Waals surface area contributed by atoms with Gasteiger partial charge in [0, 0.05) is 97.6 Å². The highest BCUT2D eigenvalue weighted by molar-refractivity contribution is 6.35. The molecule has 4 N–H and O–H groups in total. The predicted molar refractivity (Wildman–Crippen MR) is 249 cm³/mol. The van der Waals surface area contributed by atoms with Crippen molar-refractivity contribution in [2.45, 2.75) is 58.7 Å². The predicted octanol–water partition coefficient (Wildman–Crippen LogP) is 5.88. The number of nitrogens with two attached hydrogens (primary N) is 1. The lowest BCUT2D eigenvalue weighted by Crippen LogP contribution is -2.52. The van der Waals surface area contributed by atoms with Crippen LogP contribution in [0.25, 0.3) is 32.8 Å². The minimum atomic E-state index is -1.07. The smallest absolute Gasteiger partial charge is 0.352 e. The third-order valence-corrected chi connectivity index (χ3v) is 13.5. The average molecular weight is 933 g/mol. The van der Waals surface area contributed by atoms with Crippen molar-refractivity contribution in [3.63, 3.8) is 0 Å². The van der Waals surface area contributed by atoms with Crippen LogP contribution in [-0.4, -0.2) is 116 Å². The highest BCUT2D eigenvalue weighted by Gasteiger charge is 2.41. The normalized spacial score (nSPS) is 16.6. The van der Waals surface area contributed by atoms with Gasteiger partial charge >= 0.3 is 5.97 Å². The molecule has 0 bridgehead atoms. The lowest BCUT2D eigenvalue weighted by molar-refractivity contribution is -0.137. The van der Waals surface area contributed by atoms with Gasteiger partial charge in [0.1, 0.15) is 29.1 Å². The van der Waals surface area contributed by atoms with E-state index in [4.69, 9.17) is 26.8 Å². The first-order valence-electron chi connectivity index (χ1n) is 22.3. The fourth-order valence-corrected chi connectivity index (χ4v) is 10.1. The molecule has 2 fully saturated rings. The van der Waals surface area contributed by atoms with Gasteiger partial charge < -0.3 is 34.7 Å². The van der Waals surface area contributed by atoms with Gasteiger partial charge in [-0.2, -0.15) is 5.10 Å². The van der Waals surface area contributed by atoms with E-state index >= 15 is 0 Å². The van der Waals surface area contributed by atoms with E-state index in [0.717, 1.165) is 33.1 Å². The van der Waals surface area contributed by atoms with E-state index in [9.17, 15) is 33.5 Å². The van der Waals surface area contributed by atoms with E-state index in [1.165, 1.54) is 23.1 Å². The number of fused-ring (bicyclic) bond motifs is 3. The summed E-state index contributed by atoms with van der Waals surface area (Å²) in [6, 6.07) is 16.0. The average Bonchev–Trinajstić information content (AvgIpc) is 3.89. The standard InChI is InChI=1S/C49H50ClFN8O8/c1-27-43(28(2)55(3)54-27)44-37(50)12-11-34-33(7-5-21-66-39-8-4-6-29-22-30(51)9-10-32(29)39)46(49(64)65)58(45(34)44)20-17-56-15-18-57(19-16-56)42(61)26-67-40-24-31(52)23-35-36(40)25-59(48(35)63)38-13-14-41(60)53-47(38)62/h4,6,8-12,22-24,38H,5,7,13-21,25-26,52H2,1-3H3,(H,64,65)(H,53,60,62). The fraction of sp³-hybridized carbons (Fsp3) is 0.347. The number of nitrogen functional groups attached to an aromatic ring is 1.